The molecule has 0 unspecified atom stereocenters. The van der Waals surface area contributed by atoms with Gasteiger partial charge in [0.05, 0.1) is 24.9 Å². The molecule has 31 heavy (non-hydrogen) atoms. The summed E-state index contributed by atoms with van der Waals surface area (Å²) in [6.07, 6.45) is 0.421. The van der Waals surface area contributed by atoms with E-state index in [0.717, 1.165) is 0 Å². The zero-order chi connectivity index (χ0) is 22.8. The number of amides is 1. The van der Waals surface area contributed by atoms with E-state index in [1.165, 1.54) is 50.2 Å². The van der Waals surface area contributed by atoms with Gasteiger partial charge in [0, 0.05) is 18.4 Å². The van der Waals surface area contributed by atoms with Crippen LogP contribution < -0.4 is 19.5 Å². The summed E-state index contributed by atoms with van der Waals surface area (Å²) in [5.74, 6) is 0.698. The van der Waals surface area contributed by atoms with Crippen molar-refractivity contribution in [1.82, 2.24) is 5.32 Å². The Morgan fingerprint density at radius 3 is 2.42 bits per heavy atom. The molecule has 8 nitrogen and oxygen atoms in total. The summed E-state index contributed by atoms with van der Waals surface area (Å²) >= 11 is 1.31. The van der Waals surface area contributed by atoms with Gasteiger partial charge < -0.3 is 19.5 Å². The molecule has 1 amide bonds. The Balaban J connectivity index is 1.79. The van der Waals surface area contributed by atoms with E-state index in [-0.39, 0.29) is 34.6 Å². The van der Waals surface area contributed by atoms with Crippen LogP contribution in [0.3, 0.4) is 0 Å². The van der Waals surface area contributed by atoms with Crippen molar-refractivity contribution >= 4 is 23.4 Å². The van der Waals surface area contributed by atoms with Crippen LogP contribution in [0.25, 0.3) is 0 Å². The van der Waals surface area contributed by atoms with Crippen molar-refractivity contribution in [2.75, 3.05) is 26.5 Å². The molecular weight excluding hydrogens is 434 g/mol. The Bertz CT molecular complexity index is 913. The molecule has 2 rings (SSSR count). The van der Waals surface area contributed by atoms with Gasteiger partial charge in [-0.2, -0.15) is 8.78 Å². The van der Waals surface area contributed by atoms with Crippen LogP contribution >= 0.6 is 11.8 Å². The van der Waals surface area contributed by atoms with E-state index >= 15 is 0 Å². The summed E-state index contributed by atoms with van der Waals surface area (Å²) in [6, 6.07) is 9.33. The molecule has 0 saturated heterocycles. The number of methoxy groups -OCH3 is 2. The number of thioether (sulfide) groups is 1. The number of carbonyl (C=O) groups excluding carboxylic acids is 1. The van der Waals surface area contributed by atoms with Gasteiger partial charge in [-0.05, 0) is 35.7 Å². The third-order valence-corrected chi connectivity index (χ3v) is 5.13. The van der Waals surface area contributed by atoms with Gasteiger partial charge in [-0.3, -0.25) is 14.9 Å². The highest BCUT2D eigenvalue weighted by Crippen LogP contribution is 2.30. The van der Waals surface area contributed by atoms with Crippen LogP contribution in [-0.4, -0.2) is 44.0 Å². The second-order valence-electron chi connectivity index (χ2n) is 6.22. The number of rotatable bonds is 12. The molecule has 0 aliphatic rings. The maximum absolute atomic E-state index is 12.5. The Labute approximate surface area is 182 Å². The lowest BCUT2D eigenvalue weighted by atomic mass is 10.1. The fraction of sp³-hybridized carbons (Fsp3) is 0.350. The van der Waals surface area contributed by atoms with Gasteiger partial charge in [0.2, 0.25) is 5.91 Å². The summed E-state index contributed by atoms with van der Waals surface area (Å²) < 4.78 is 39.4. The van der Waals surface area contributed by atoms with E-state index in [9.17, 15) is 23.7 Å². The van der Waals surface area contributed by atoms with Crippen molar-refractivity contribution in [3.05, 3.63) is 57.6 Å². The highest BCUT2D eigenvalue weighted by atomic mass is 32.2. The average molecular weight is 456 g/mol. The highest BCUT2D eigenvalue weighted by molar-refractivity contribution is 7.99. The molecule has 11 heteroatoms. The first kappa shape index (κ1) is 24.2. The first-order chi connectivity index (χ1) is 14.8. The van der Waals surface area contributed by atoms with E-state index in [1.807, 2.05) is 0 Å². The normalized spacial score (nSPS) is 10.6. The average Bonchev–Trinajstić information content (AvgIpc) is 2.73. The number of carbonyl (C=O) groups is 1. The molecule has 0 bridgehead atoms. The van der Waals surface area contributed by atoms with Gasteiger partial charge in [0.25, 0.3) is 0 Å². The number of alkyl halides is 2. The van der Waals surface area contributed by atoms with Crippen LogP contribution in [0.5, 0.6) is 17.2 Å². The van der Waals surface area contributed by atoms with Gasteiger partial charge in [-0.1, -0.05) is 12.1 Å². The molecule has 0 atom stereocenters. The molecule has 2 aromatic rings. The summed E-state index contributed by atoms with van der Waals surface area (Å²) in [5.41, 5.74) is 1.28. The fourth-order valence-corrected chi connectivity index (χ4v) is 3.50. The Morgan fingerprint density at radius 2 is 1.77 bits per heavy atom. The molecule has 0 radical (unpaired) electrons. The standard InChI is InChI=1S/C20H22F2N2O6S/c1-28-16-5-4-14(9-15(16)24(26)27)11-31-12-19(25)23-8-7-13-3-6-17(29-2)18(10-13)30-20(21)22/h3-6,9-10,20H,7-8,11-12H2,1-2H3,(H,23,25). The fourth-order valence-electron chi connectivity index (χ4n) is 2.69. The van der Waals surface area contributed by atoms with Crippen molar-refractivity contribution in [2.24, 2.45) is 0 Å². The minimum absolute atomic E-state index is 0.0644. The third kappa shape index (κ3) is 7.59. The molecule has 0 fully saturated rings. The van der Waals surface area contributed by atoms with E-state index in [2.05, 4.69) is 10.1 Å². The smallest absolute Gasteiger partial charge is 0.387 e. The molecule has 1 N–H and O–H groups in total. The highest BCUT2D eigenvalue weighted by Gasteiger charge is 2.15. The number of nitrogens with zero attached hydrogens (tertiary/aromatic N) is 1. The Kier molecular flexibility index (Phi) is 9.32. The number of ether oxygens (including phenoxy) is 3. The maximum Gasteiger partial charge on any atom is 0.387 e. The third-order valence-electron chi connectivity index (χ3n) is 4.12. The molecule has 0 heterocycles. The number of hydrogen-bond acceptors (Lipinski definition) is 7. The lowest BCUT2D eigenvalue weighted by Crippen LogP contribution is -2.27. The van der Waals surface area contributed by atoms with Crippen molar-refractivity contribution in [1.29, 1.82) is 0 Å². The van der Waals surface area contributed by atoms with E-state index in [4.69, 9.17) is 9.47 Å². The van der Waals surface area contributed by atoms with E-state index in [1.54, 1.807) is 12.1 Å². The minimum atomic E-state index is -2.96. The quantitative estimate of drug-likeness (QED) is 0.383. The van der Waals surface area contributed by atoms with Crippen LogP contribution in [0, 0.1) is 10.1 Å². The molecule has 0 saturated carbocycles. The molecule has 2 aromatic carbocycles. The summed E-state index contributed by atoms with van der Waals surface area (Å²) in [7, 11) is 2.72. The van der Waals surface area contributed by atoms with E-state index < -0.39 is 11.5 Å². The van der Waals surface area contributed by atoms with Crippen LogP contribution in [0.1, 0.15) is 11.1 Å². The Morgan fingerprint density at radius 1 is 1.10 bits per heavy atom. The molecule has 0 spiro atoms. The van der Waals surface area contributed by atoms with Gasteiger partial charge >= 0.3 is 12.3 Å². The van der Waals surface area contributed by atoms with Crippen molar-refractivity contribution in [2.45, 2.75) is 18.8 Å². The van der Waals surface area contributed by atoms with Gasteiger partial charge in [-0.25, -0.2) is 0 Å². The van der Waals surface area contributed by atoms with Crippen LogP contribution in [-0.2, 0) is 17.0 Å². The molecule has 0 aromatic heterocycles. The second-order valence-corrected chi connectivity index (χ2v) is 7.21. The molecule has 168 valence electrons. The summed E-state index contributed by atoms with van der Waals surface area (Å²) in [4.78, 5) is 22.6. The predicted molar refractivity (Wildman–Crippen MR) is 112 cm³/mol. The number of benzene rings is 2. The van der Waals surface area contributed by atoms with Crippen LogP contribution in [0.4, 0.5) is 14.5 Å². The molecule has 0 aliphatic carbocycles. The monoisotopic (exact) mass is 456 g/mol. The number of nitrogens with one attached hydrogen (secondary N) is 1. The zero-order valence-electron chi connectivity index (χ0n) is 16.9. The van der Waals surface area contributed by atoms with E-state index in [0.29, 0.717) is 29.8 Å². The maximum atomic E-state index is 12.5. The minimum Gasteiger partial charge on any atom is -0.493 e. The number of hydrogen-bond donors (Lipinski definition) is 1. The zero-order valence-corrected chi connectivity index (χ0v) is 17.7. The topological polar surface area (TPSA) is 99.9 Å². The lowest BCUT2D eigenvalue weighted by molar-refractivity contribution is -0.385. The Hall–Kier alpha value is -3.08. The first-order valence-corrected chi connectivity index (χ1v) is 10.3. The molecular formula is C20H22F2N2O6S. The van der Waals surface area contributed by atoms with Gasteiger partial charge in [0.1, 0.15) is 0 Å². The number of nitro benzene ring substituents is 1. The van der Waals surface area contributed by atoms with Crippen molar-refractivity contribution in [3.63, 3.8) is 0 Å². The first-order valence-electron chi connectivity index (χ1n) is 9.11. The molecule has 0 aliphatic heterocycles. The van der Waals surface area contributed by atoms with Crippen molar-refractivity contribution < 1.29 is 32.7 Å². The van der Waals surface area contributed by atoms with Gasteiger partial charge in [0.15, 0.2) is 17.2 Å². The van der Waals surface area contributed by atoms with Crippen LogP contribution in [0.15, 0.2) is 36.4 Å². The number of halogens is 2. The lowest BCUT2D eigenvalue weighted by Gasteiger charge is -2.12. The summed E-state index contributed by atoms with van der Waals surface area (Å²) in [5, 5.41) is 13.8. The SMILES string of the molecule is COc1ccc(CCNC(=O)CSCc2ccc(OC)c([N+](=O)[O-])c2)cc1OC(F)F. The second kappa shape index (κ2) is 11.9. The van der Waals surface area contributed by atoms with Crippen molar-refractivity contribution in [3.8, 4) is 17.2 Å². The number of nitro groups is 1. The predicted octanol–water partition coefficient (Wildman–Crippen LogP) is 3.81. The largest absolute Gasteiger partial charge is 0.493 e. The summed E-state index contributed by atoms with van der Waals surface area (Å²) in [6.45, 7) is -2.65. The van der Waals surface area contributed by atoms with Crippen LogP contribution in [0.2, 0.25) is 0 Å². The van der Waals surface area contributed by atoms with Gasteiger partial charge in [-0.15, -0.1) is 11.8 Å².